The van der Waals surface area contributed by atoms with Crippen LogP contribution in [0.4, 0.5) is 0 Å². The van der Waals surface area contributed by atoms with E-state index in [4.69, 9.17) is 0 Å². The average molecular weight is 448 g/mol. The standard InChI is InChI=1S/C25H29N5O3/c1-17(2)26-23(32)25(13-6-14-30(16-25)22(31)21-27-24(33)29-28-21)15-18-9-11-20(12-10-18)19-7-4-3-5-8-19/h3-5,7-12,17H,6,13-16H2,1-2H3,(H,26,32)(H2,27,28,29,33)/t25-/m1/s1. The summed E-state index contributed by atoms with van der Waals surface area (Å²) in [6, 6.07) is 18.4. The van der Waals surface area contributed by atoms with Crippen LogP contribution in [0.2, 0.25) is 0 Å². The van der Waals surface area contributed by atoms with Gasteiger partial charge < -0.3 is 10.2 Å². The fourth-order valence-corrected chi connectivity index (χ4v) is 4.49. The second kappa shape index (κ2) is 9.44. The van der Waals surface area contributed by atoms with Crippen molar-refractivity contribution in [2.24, 2.45) is 5.41 Å². The minimum absolute atomic E-state index is 0.0106. The van der Waals surface area contributed by atoms with Gasteiger partial charge in [0, 0.05) is 19.1 Å². The summed E-state index contributed by atoms with van der Waals surface area (Å²) < 4.78 is 0. The Morgan fingerprint density at radius 3 is 2.42 bits per heavy atom. The fraction of sp³-hybridized carbons (Fsp3) is 0.360. The van der Waals surface area contributed by atoms with Crippen LogP contribution in [0.25, 0.3) is 11.1 Å². The molecule has 0 saturated carbocycles. The molecule has 0 radical (unpaired) electrons. The van der Waals surface area contributed by atoms with Crippen molar-refractivity contribution >= 4 is 11.8 Å². The van der Waals surface area contributed by atoms with Crippen LogP contribution in [0.15, 0.2) is 59.4 Å². The van der Waals surface area contributed by atoms with Gasteiger partial charge in [0.2, 0.25) is 11.7 Å². The zero-order valence-corrected chi connectivity index (χ0v) is 18.9. The van der Waals surface area contributed by atoms with Crippen LogP contribution in [0, 0.1) is 5.41 Å². The highest BCUT2D eigenvalue weighted by Gasteiger charge is 2.44. The van der Waals surface area contributed by atoms with Crippen molar-refractivity contribution in [3.63, 3.8) is 0 Å². The maximum atomic E-state index is 13.4. The molecule has 3 aromatic rings. The predicted octanol–water partition coefficient (Wildman–Crippen LogP) is 2.75. The number of carbonyl (C=O) groups is 2. The topological polar surface area (TPSA) is 111 Å². The molecule has 0 spiro atoms. The van der Waals surface area contributed by atoms with Gasteiger partial charge in [-0.1, -0.05) is 54.6 Å². The molecule has 1 aliphatic rings. The number of benzene rings is 2. The van der Waals surface area contributed by atoms with Crippen LogP contribution in [-0.4, -0.2) is 51.0 Å². The van der Waals surface area contributed by atoms with E-state index in [1.807, 2.05) is 32.0 Å². The minimum atomic E-state index is -0.761. The lowest BCUT2D eigenvalue weighted by molar-refractivity contribution is -0.134. The maximum absolute atomic E-state index is 13.4. The van der Waals surface area contributed by atoms with Crippen molar-refractivity contribution in [3.05, 3.63) is 76.5 Å². The summed E-state index contributed by atoms with van der Waals surface area (Å²) in [6.07, 6.45) is 1.88. The lowest BCUT2D eigenvalue weighted by atomic mass is 9.74. The van der Waals surface area contributed by atoms with Gasteiger partial charge in [-0.15, -0.1) is 5.10 Å². The van der Waals surface area contributed by atoms with E-state index in [1.54, 1.807) is 4.90 Å². The monoisotopic (exact) mass is 447 g/mol. The highest BCUT2D eigenvalue weighted by molar-refractivity contribution is 5.91. The first-order valence-electron chi connectivity index (χ1n) is 11.3. The molecule has 0 unspecified atom stereocenters. The Bertz CT molecular complexity index is 1170. The summed E-state index contributed by atoms with van der Waals surface area (Å²) in [4.78, 5) is 41.8. The van der Waals surface area contributed by atoms with Gasteiger partial charge in [-0.05, 0) is 49.8 Å². The number of H-pyrrole nitrogens is 2. The van der Waals surface area contributed by atoms with Gasteiger partial charge in [0.25, 0.3) is 5.91 Å². The largest absolute Gasteiger partial charge is 0.353 e. The summed E-state index contributed by atoms with van der Waals surface area (Å²) in [7, 11) is 0. The Morgan fingerprint density at radius 2 is 1.79 bits per heavy atom. The Kier molecular flexibility index (Phi) is 6.44. The Labute approximate surface area is 192 Å². The SMILES string of the molecule is CC(C)NC(=O)[C@@]1(Cc2ccc(-c3ccccc3)cc2)CCCN(C(=O)c2n[nH]c(=O)[nH]2)C1. The molecule has 33 heavy (non-hydrogen) atoms. The predicted molar refractivity (Wildman–Crippen MR) is 126 cm³/mol. The fourth-order valence-electron chi connectivity index (χ4n) is 4.49. The van der Waals surface area contributed by atoms with Crippen LogP contribution in [0.5, 0.6) is 0 Å². The molecular weight excluding hydrogens is 418 g/mol. The van der Waals surface area contributed by atoms with Crippen molar-refractivity contribution in [2.45, 2.75) is 39.2 Å². The maximum Gasteiger partial charge on any atom is 0.341 e. The molecule has 172 valence electrons. The molecule has 2 aromatic carbocycles. The summed E-state index contributed by atoms with van der Waals surface area (Å²) in [5.74, 6) is -0.473. The number of nitrogens with one attached hydrogen (secondary N) is 3. The van der Waals surface area contributed by atoms with Crippen LogP contribution in [0.3, 0.4) is 0 Å². The molecule has 4 rings (SSSR count). The molecule has 3 N–H and O–H groups in total. The number of rotatable bonds is 6. The molecule has 1 aromatic heterocycles. The van der Waals surface area contributed by atoms with E-state index in [0.29, 0.717) is 25.8 Å². The van der Waals surface area contributed by atoms with Gasteiger partial charge in [0.15, 0.2) is 0 Å². The van der Waals surface area contributed by atoms with Gasteiger partial charge in [0.1, 0.15) is 0 Å². The molecule has 2 heterocycles. The first-order valence-corrected chi connectivity index (χ1v) is 11.3. The number of carbonyl (C=O) groups excluding carboxylic acids is 2. The van der Waals surface area contributed by atoms with E-state index < -0.39 is 11.1 Å². The van der Waals surface area contributed by atoms with E-state index in [1.165, 1.54) is 0 Å². The zero-order chi connectivity index (χ0) is 23.4. The molecule has 1 aliphatic heterocycles. The third kappa shape index (κ3) is 5.05. The van der Waals surface area contributed by atoms with Crippen molar-refractivity contribution in [1.82, 2.24) is 25.4 Å². The van der Waals surface area contributed by atoms with Gasteiger partial charge in [-0.2, -0.15) is 0 Å². The molecule has 1 fully saturated rings. The third-order valence-corrected chi connectivity index (χ3v) is 6.07. The lowest BCUT2D eigenvalue weighted by Gasteiger charge is -2.42. The van der Waals surface area contributed by atoms with E-state index in [9.17, 15) is 14.4 Å². The summed E-state index contributed by atoms with van der Waals surface area (Å²) in [5, 5.41) is 9.06. The van der Waals surface area contributed by atoms with E-state index in [-0.39, 0.29) is 30.2 Å². The lowest BCUT2D eigenvalue weighted by Crippen LogP contribution is -2.55. The van der Waals surface area contributed by atoms with E-state index in [0.717, 1.165) is 16.7 Å². The highest BCUT2D eigenvalue weighted by Crippen LogP contribution is 2.35. The molecule has 1 atom stereocenters. The van der Waals surface area contributed by atoms with Crippen molar-refractivity contribution in [3.8, 4) is 11.1 Å². The average Bonchev–Trinajstić information content (AvgIpc) is 3.25. The Balaban J connectivity index is 1.59. The van der Waals surface area contributed by atoms with Crippen LogP contribution in [0.1, 0.15) is 42.9 Å². The number of likely N-dealkylation sites (tertiary alicyclic amines) is 1. The molecule has 8 nitrogen and oxygen atoms in total. The Morgan fingerprint density at radius 1 is 1.09 bits per heavy atom. The Hall–Kier alpha value is -3.68. The number of hydrogen-bond acceptors (Lipinski definition) is 4. The second-order valence-electron chi connectivity index (χ2n) is 9.00. The van der Waals surface area contributed by atoms with Crippen molar-refractivity contribution in [1.29, 1.82) is 0 Å². The minimum Gasteiger partial charge on any atom is -0.353 e. The molecular formula is C25H29N5O3. The van der Waals surface area contributed by atoms with Crippen molar-refractivity contribution < 1.29 is 9.59 Å². The van der Waals surface area contributed by atoms with Crippen LogP contribution >= 0.6 is 0 Å². The van der Waals surface area contributed by atoms with E-state index in [2.05, 4.69) is 56.9 Å². The number of amides is 2. The molecule has 2 amide bonds. The smallest absolute Gasteiger partial charge is 0.341 e. The third-order valence-electron chi connectivity index (χ3n) is 6.07. The van der Waals surface area contributed by atoms with Gasteiger partial charge in [0.05, 0.1) is 5.41 Å². The summed E-state index contributed by atoms with van der Waals surface area (Å²) >= 11 is 0. The molecule has 1 saturated heterocycles. The highest BCUT2D eigenvalue weighted by atomic mass is 16.2. The van der Waals surface area contributed by atoms with Gasteiger partial charge in [-0.25, -0.2) is 9.89 Å². The zero-order valence-electron chi connectivity index (χ0n) is 18.9. The quantitative estimate of drug-likeness (QED) is 0.539. The summed E-state index contributed by atoms with van der Waals surface area (Å²) in [6.45, 7) is 4.64. The first kappa shape index (κ1) is 22.5. The molecule has 0 bridgehead atoms. The number of piperidine rings is 1. The molecule has 8 heteroatoms. The number of nitrogens with zero attached hydrogens (tertiary/aromatic N) is 2. The van der Waals surface area contributed by atoms with Crippen molar-refractivity contribution in [2.75, 3.05) is 13.1 Å². The normalized spacial score (nSPS) is 18.3. The van der Waals surface area contributed by atoms with Gasteiger partial charge in [-0.3, -0.25) is 14.6 Å². The van der Waals surface area contributed by atoms with Gasteiger partial charge >= 0.3 is 5.69 Å². The summed E-state index contributed by atoms with van der Waals surface area (Å²) in [5.41, 5.74) is 2.00. The van der Waals surface area contributed by atoms with Crippen LogP contribution in [-0.2, 0) is 11.2 Å². The second-order valence-corrected chi connectivity index (χ2v) is 9.00. The molecule has 0 aliphatic carbocycles. The number of aromatic amines is 2. The first-order chi connectivity index (χ1) is 15.9. The van der Waals surface area contributed by atoms with E-state index >= 15 is 0 Å². The number of hydrogen-bond donors (Lipinski definition) is 3. The number of aromatic nitrogens is 3. The van der Waals surface area contributed by atoms with Crippen LogP contribution < -0.4 is 11.0 Å².